The summed E-state index contributed by atoms with van der Waals surface area (Å²) < 4.78 is 12.9. The van der Waals surface area contributed by atoms with E-state index in [0.717, 1.165) is 20.1 Å². The zero-order valence-electron chi connectivity index (χ0n) is 14.5. The maximum Gasteiger partial charge on any atom is 0.262 e. The number of aliphatic hydroxyl groups excluding tert-OH is 1. The largest absolute Gasteiger partial charge is 0.482 e. The Labute approximate surface area is 173 Å². The molecule has 3 aromatic rings. The Bertz CT molecular complexity index is 928. The van der Waals surface area contributed by atoms with Crippen LogP contribution in [-0.2, 0) is 11.4 Å². The molecule has 0 saturated heterocycles. The predicted octanol–water partition coefficient (Wildman–Crippen LogP) is 5.29. The quantitative estimate of drug-likeness (QED) is 0.488. The van der Waals surface area contributed by atoms with Gasteiger partial charge in [0.25, 0.3) is 5.91 Å². The van der Waals surface area contributed by atoms with Crippen LogP contribution in [0.4, 0.5) is 5.69 Å². The van der Waals surface area contributed by atoms with Gasteiger partial charge < -0.3 is 19.6 Å². The summed E-state index contributed by atoms with van der Waals surface area (Å²) in [5, 5.41) is 11.9. The van der Waals surface area contributed by atoms with Gasteiger partial charge in [0.05, 0.1) is 4.47 Å². The third kappa shape index (κ3) is 5.00. The summed E-state index contributed by atoms with van der Waals surface area (Å²) in [5.74, 6) is 1.56. The van der Waals surface area contributed by atoms with Gasteiger partial charge >= 0.3 is 0 Å². The van der Waals surface area contributed by atoms with Crippen molar-refractivity contribution in [2.45, 2.75) is 13.5 Å². The number of amides is 1. The van der Waals surface area contributed by atoms with Crippen molar-refractivity contribution in [2.24, 2.45) is 0 Å². The fourth-order valence-corrected chi connectivity index (χ4v) is 4.10. The molecular weight excluding hydrogens is 478 g/mol. The normalized spacial score (nSPS) is 10.7. The Morgan fingerprint density at radius 1 is 1.15 bits per heavy atom. The molecular formula is C20H17Br2NO4. The van der Waals surface area contributed by atoms with Crippen LogP contribution in [0, 0.1) is 6.92 Å². The molecule has 0 atom stereocenters. The minimum Gasteiger partial charge on any atom is -0.482 e. The molecule has 0 spiro atoms. The molecule has 3 rings (SSSR count). The summed E-state index contributed by atoms with van der Waals surface area (Å²) in [5.41, 5.74) is 2.44. The van der Waals surface area contributed by atoms with Gasteiger partial charge in [-0.2, -0.15) is 0 Å². The van der Waals surface area contributed by atoms with Crippen molar-refractivity contribution >= 4 is 43.5 Å². The molecule has 7 heteroatoms. The molecule has 0 aliphatic carbocycles. The molecule has 0 bridgehead atoms. The van der Waals surface area contributed by atoms with E-state index >= 15 is 0 Å². The number of halogens is 2. The van der Waals surface area contributed by atoms with Crippen molar-refractivity contribution in [3.05, 3.63) is 68.8 Å². The van der Waals surface area contributed by atoms with E-state index in [1.54, 1.807) is 24.3 Å². The number of ether oxygens (including phenoxy) is 1. The molecule has 1 heterocycles. The summed E-state index contributed by atoms with van der Waals surface area (Å²) >= 11 is 6.86. The number of carbonyl (C=O) groups is 1. The van der Waals surface area contributed by atoms with E-state index in [0.29, 0.717) is 23.0 Å². The van der Waals surface area contributed by atoms with Gasteiger partial charge in [-0.15, -0.1) is 0 Å². The van der Waals surface area contributed by atoms with Gasteiger partial charge in [-0.05, 0) is 76.9 Å². The highest BCUT2D eigenvalue weighted by Gasteiger charge is 2.10. The highest BCUT2D eigenvalue weighted by Crippen LogP contribution is 2.32. The fraction of sp³-hybridized carbons (Fsp3) is 0.150. The summed E-state index contributed by atoms with van der Waals surface area (Å²) in [6.45, 7) is 1.68. The van der Waals surface area contributed by atoms with Crippen molar-refractivity contribution in [3.8, 4) is 17.1 Å². The van der Waals surface area contributed by atoms with E-state index in [-0.39, 0.29) is 19.1 Å². The number of nitrogens with one attached hydrogen (secondary N) is 1. The SMILES string of the molecule is Cc1cc(Br)cc(Br)c1OCC(=O)Nc1ccc(-c2ccc(CO)o2)cc1. The molecule has 0 saturated carbocycles. The molecule has 140 valence electrons. The van der Waals surface area contributed by atoms with Crippen LogP contribution in [0.3, 0.4) is 0 Å². The number of anilines is 1. The number of benzene rings is 2. The Balaban J connectivity index is 1.60. The summed E-state index contributed by atoms with van der Waals surface area (Å²) in [7, 11) is 0. The van der Waals surface area contributed by atoms with Crippen molar-refractivity contribution in [1.29, 1.82) is 0 Å². The number of hydrogen-bond acceptors (Lipinski definition) is 4. The lowest BCUT2D eigenvalue weighted by molar-refractivity contribution is -0.118. The topological polar surface area (TPSA) is 71.7 Å². The van der Waals surface area contributed by atoms with E-state index in [2.05, 4.69) is 37.2 Å². The zero-order valence-corrected chi connectivity index (χ0v) is 17.6. The number of carbonyl (C=O) groups excluding carboxylic acids is 1. The lowest BCUT2D eigenvalue weighted by Gasteiger charge is -2.12. The Hall–Kier alpha value is -2.09. The minimum absolute atomic E-state index is 0.0964. The first-order valence-corrected chi connectivity index (χ1v) is 9.73. The second kappa shape index (κ2) is 8.73. The molecule has 0 unspecified atom stereocenters. The zero-order chi connectivity index (χ0) is 19.4. The summed E-state index contributed by atoms with van der Waals surface area (Å²) in [4.78, 5) is 12.2. The van der Waals surface area contributed by atoms with Crippen LogP contribution >= 0.6 is 31.9 Å². The Morgan fingerprint density at radius 2 is 1.89 bits per heavy atom. The van der Waals surface area contributed by atoms with Crippen LogP contribution in [0.25, 0.3) is 11.3 Å². The van der Waals surface area contributed by atoms with Crippen LogP contribution in [0.15, 0.2) is 61.9 Å². The second-order valence-electron chi connectivity index (χ2n) is 5.87. The van der Waals surface area contributed by atoms with Gasteiger partial charge in [0, 0.05) is 15.7 Å². The van der Waals surface area contributed by atoms with Gasteiger partial charge in [0.1, 0.15) is 23.9 Å². The molecule has 0 radical (unpaired) electrons. The summed E-state index contributed by atoms with van der Waals surface area (Å²) in [6.07, 6.45) is 0. The van der Waals surface area contributed by atoms with Gasteiger partial charge in [-0.25, -0.2) is 0 Å². The number of furan rings is 1. The van der Waals surface area contributed by atoms with Gasteiger partial charge in [-0.1, -0.05) is 15.9 Å². The molecule has 2 N–H and O–H groups in total. The smallest absolute Gasteiger partial charge is 0.262 e. The number of aliphatic hydroxyl groups is 1. The number of aryl methyl sites for hydroxylation is 1. The molecule has 0 aliphatic rings. The Morgan fingerprint density at radius 3 is 2.52 bits per heavy atom. The molecule has 0 aliphatic heterocycles. The van der Waals surface area contributed by atoms with Crippen LogP contribution in [0.1, 0.15) is 11.3 Å². The lowest BCUT2D eigenvalue weighted by Crippen LogP contribution is -2.20. The predicted molar refractivity (Wildman–Crippen MR) is 111 cm³/mol. The number of hydrogen-bond donors (Lipinski definition) is 2. The van der Waals surface area contributed by atoms with Crippen molar-refractivity contribution in [3.63, 3.8) is 0 Å². The standard InChI is InChI=1S/C20H17Br2NO4/c1-12-8-14(21)9-17(22)20(12)26-11-19(25)23-15-4-2-13(3-5-15)18-7-6-16(10-24)27-18/h2-9,24H,10-11H2,1H3,(H,23,25). The third-order valence-electron chi connectivity index (χ3n) is 3.81. The highest BCUT2D eigenvalue weighted by molar-refractivity contribution is 9.11. The van der Waals surface area contributed by atoms with E-state index in [9.17, 15) is 4.79 Å². The van der Waals surface area contributed by atoms with Crippen LogP contribution in [-0.4, -0.2) is 17.6 Å². The van der Waals surface area contributed by atoms with Crippen LogP contribution in [0.5, 0.6) is 5.75 Å². The van der Waals surface area contributed by atoms with Crippen LogP contribution in [0.2, 0.25) is 0 Å². The monoisotopic (exact) mass is 493 g/mol. The van der Waals surface area contributed by atoms with Crippen molar-refractivity contribution < 1.29 is 19.1 Å². The second-order valence-corrected chi connectivity index (χ2v) is 7.64. The number of rotatable bonds is 6. The first kappa shape index (κ1) is 19.7. The van der Waals surface area contributed by atoms with E-state index < -0.39 is 0 Å². The maximum atomic E-state index is 12.2. The van der Waals surface area contributed by atoms with Gasteiger partial charge in [0.15, 0.2) is 6.61 Å². The molecule has 5 nitrogen and oxygen atoms in total. The summed E-state index contributed by atoms with van der Waals surface area (Å²) in [6, 6.07) is 14.6. The molecule has 2 aromatic carbocycles. The molecule has 27 heavy (non-hydrogen) atoms. The highest BCUT2D eigenvalue weighted by atomic mass is 79.9. The van der Waals surface area contributed by atoms with Gasteiger partial charge in [-0.3, -0.25) is 4.79 Å². The minimum atomic E-state index is -0.252. The average molecular weight is 495 g/mol. The van der Waals surface area contributed by atoms with Crippen LogP contribution < -0.4 is 10.1 Å². The lowest BCUT2D eigenvalue weighted by atomic mass is 10.1. The van der Waals surface area contributed by atoms with E-state index in [1.807, 2.05) is 31.2 Å². The van der Waals surface area contributed by atoms with Gasteiger partial charge in [0.2, 0.25) is 0 Å². The van der Waals surface area contributed by atoms with Crippen molar-refractivity contribution in [1.82, 2.24) is 0 Å². The molecule has 0 fully saturated rings. The first-order chi connectivity index (χ1) is 13.0. The van der Waals surface area contributed by atoms with E-state index in [4.69, 9.17) is 14.3 Å². The molecule has 1 aromatic heterocycles. The van der Waals surface area contributed by atoms with E-state index in [1.165, 1.54) is 0 Å². The fourth-order valence-electron chi connectivity index (χ4n) is 2.54. The third-order valence-corrected chi connectivity index (χ3v) is 4.86. The maximum absolute atomic E-state index is 12.2. The average Bonchev–Trinajstić information content (AvgIpc) is 3.10. The first-order valence-electron chi connectivity index (χ1n) is 8.14. The Kier molecular flexibility index (Phi) is 6.36. The molecule has 1 amide bonds. The van der Waals surface area contributed by atoms with Crippen molar-refractivity contribution in [2.75, 3.05) is 11.9 Å².